The van der Waals surface area contributed by atoms with Crippen LogP contribution in [0.1, 0.15) is 17.3 Å². The first-order valence-corrected chi connectivity index (χ1v) is 7.58. The number of rotatable bonds is 3. The lowest BCUT2D eigenvalue weighted by atomic mass is 10.1. The predicted molar refractivity (Wildman–Crippen MR) is 86.3 cm³/mol. The number of nitrogens with one attached hydrogen (secondary N) is 1. The first-order chi connectivity index (χ1) is 10.7. The Kier molecular flexibility index (Phi) is 4.39. The SMILES string of the molecule is CC1CN(C(=O)c2cccc(Oc3ccccc3)c2)CCN1. The van der Waals surface area contributed by atoms with Crippen molar-refractivity contribution in [2.24, 2.45) is 0 Å². The molecule has 1 atom stereocenters. The summed E-state index contributed by atoms with van der Waals surface area (Å²) in [6.07, 6.45) is 0. The second kappa shape index (κ2) is 6.62. The lowest BCUT2D eigenvalue weighted by molar-refractivity contribution is 0.0709. The highest BCUT2D eigenvalue weighted by Crippen LogP contribution is 2.22. The van der Waals surface area contributed by atoms with Crippen molar-refractivity contribution in [1.29, 1.82) is 0 Å². The molecule has 0 aliphatic carbocycles. The third-order valence-electron chi connectivity index (χ3n) is 3.72. The van der Waals surface area contributed by atoms with Crippen LogP contribution in [0, 0.1) is 0 Å². The maximum Gasteiger partial charge on any atom is 0.254 e. The highest BCUT2D eigenvalue weighted by Gasteiger charge is 2.21. The number of piperazine rings is 1. The molecule has 2 aromatic carbocycles. The molecule has 1 saturated heterocycles. The van der Waals surface area contributed by atoms with Crippen molar-refractivity contribution in [2.45, 2.75) is 13.0 Å². The molecule has 0 saturated carbocycles. The molecule has 0 aromatic heterocycles. The fraction of sp³-hybridized carbons (Fsp3) is 0.278. The Morgan fingerprint density at radius 1 is 1.14 bits per heavy atom. The molecule has 1 heterocycles. The molecule has 4 heteroatoms. The minimum Gasteiger partial charge on any atom is -0.457 e. The maximum atomic E-state index is 12.6. The molecule has 0 bridgehead atoms. The average molecular weight is 296 g/mol. The second-order valence-electron chi connectivity index (χ2n) is 5.55. The fourth-order valence-corrected chi connectivity index (χ4v) is 2.62. The molecule has 1 amide bonds. The summed E-state index contributed by atoms with van der Waals surface area (Å²) < 4.78 is 5.79. The number of benzene rings is 2. The van der Waals surface area contributed by atoms with E-state index in [2.05, 4.69) is 12.2 Å². The quantitative estimate of drug-likeness (QED) is 0.947. The third kappa shape index (κ3) is 3.46. The lowest BCUT2D eigenvalue weighted by Gasteiger charge is -2.32. The zero-order valence-corrected chi connectivity index (χ0v) is 12.7. The van der Waals surface area contributed by atoms with Crippen LogP contribution in [-0.4, -0.2) is 36.5 Å². The van der Waals surface area contributed by atoms with Gasteiger partial charge in [0.25, 0.3) is 5.91 Å². The van der Waals surface area contributed by atoms with Crippen molar-refractivity contribution in [3.63, 3.8) is 0 Å². The Morgan fingerprint density at radius 2 is 1.91 bits per heavy atom. The van der Waals surface area contributed by atoms with E-state index in [1.807, 2.05) is 59.5 Å². The van der Waals surface area contributed by atoms with Crippen LogP contribution >= 0.6 is 0 Å². The molecule has 114 valence electrons. The Balaban J connectivity index is 1.74. The molecule has 1 aliphatic heterocycles. The van der Waals surface area contributed by atoms with Crippen LogP contribution in [0.15, 0.2) is 54.6 Å². The van der Waals surface area contributed by atoms with Crippen LogP contribution in [0.3, 0.4) is 0 Å². The number of hydrogen-bond acceptors (Lipinski definition) is 3. The molecule has 0 radical (unpaired) electrons. The first kappa shape index (κ1) is 14.6. The minimum atomic E-state index is 0.0619. The molecule has 4 nitrogen and oxygen atoms in total. The van der Waals surface area contributed by atoms with Gasteiger partial charge in [-0.15, -0.1) is 0 Å². The first-order valence-electron chi connectivity index (χ1n) is 7.58. The molecule has 1 fully saturated rings. The normalized spacial score (nSPS) is 18.0. The van der Waals surface area contributed by atoms with E-state index in [1.165, 1.54) is 0 Å². The highest BCUT2D eigenvalue weighted by atomic mass is 16.5. The van der Waals surface area contributed by atoms with Crippen molar-refractivity contribution in [3.8, 4) is 11.5 Å². The largest absolute Gasteiger partial charge is 0.457 e. The van der Waals surface area contributed by atoms with E-state index >= 15 is 0 Å². The molecule has 2 aromatic rings. The molecule has 22 heavy (non-hydrogen) atoms. The van der Waals surface area contributed by atoms with Crippen molar-refractivity contribution in [3.05, 3.63) is 60.2 Å². The molecule has 3 rings (SSSR count). The summed E-state index contributed by atoms with van der Waals surface area (Å²) in [6, 6.07) is 17.3. The number of hydrogen-bond donors (Lipinski definition) is 1. The van der Waals surface area contributed by atoms with Crippen LogP contribution in [0.25, 0.3) is 0 Å². The summed E-state index contributed by atoms with van der Waals surface area (Å²) in [6.45, 7) is 4.41. The zero-order valence-electron chi connectivity index (χ0n) is 12.7. The summed E-state index contributed by atoms with van der Waals surface area (Å²) in [7, 11) is 0. The zero-order chi connectivity index (χ0) is 15.4. The number of ether oxygens (including phenoxy) is 1. The Labute approximate surface area is 130 Å². The summed E-state index contributed by atoms with van der Waals surface area (Å²) in [4.78, 5) is 14.5. The van der Waals surface area contributed by atoms with Crippen molar-refractivity contribution < 1.29 is 9.53 Å². The van der Waals surface area contributed by atoms with Crippen LogP contribution < -0.4 is 10.1 Å². The molecule has 1 unspecified atom stereocenters. The second-order valence-corrected chi connectivity index (χ2v) is 5.55. The van der Waals surface area contributed by atoms with E-state index in [0.717, 1.165) is 25.4 Å². The van der Waals surface area contributed by atoms with Crippen molar-refractivity contribution in [2.75, 3.05) is 19.6 Å². The number of para-hydroxylation sites is 1. The summed E-state index contributed by atoms with van der Waals surface area (Å²) in [5.41, 5.74) is 0.669. The Hall–Kier alpha value is -2.33. The van der Waals surface area contributed by atoms with Gasteiger partial charge in [0.1, 0.15) is 11.5 Å². The van der Waals surface area contributed by atoms with Gasteiger partial charge in [-0.2, -0.15) is 0 Å². The smallest absolute Gasteiger partial charge is 0.254 e. The van der Waals surface area contributed by atoms with E-state index in [0.29, 0.717) is 17.4 Å². The molecular weight excluding hydrogens is 276 g/mol. The van der Waals surface area contributed by atoms with Crippen molar-refractivity contribution >= 4 is 5.91 Å². The van der Waals surface area contributed by atoms with E-state index in [-0.39, 0.29) is 5.91 Å². The Morgan fingerprint density at radius 3 is 2.68 bits per heavy atom. The van der Waals surface area contributed by atoms with Crippen LogP contribution in [0.2, 0.25) is 0 Å². The van der Waals surface area contributed by atoms with E-state index < -0.39 is 0 Å². The molecule has 0 spiro atoms. The predicted octanol–water partition coefficient (Wildman–Crippen LogP) is 2.91. The van der Waals surface area contributed by atoms with Gasteiger partial charge in [0.05, 0.1) is 0 Å². The van der Waals surface area contributed by atoms with Gasteiger partial charge in [0, 0.05) is 31.2 Å². The van der Waals surface area contributed by atoms with Crippen LogP contribution in [0.4, 0.5) is 0 Å². The summed E-state index contributed by atoms with van der Waals surface area (Å²) in [5, 5.41) is 3.34. The standard InChI is InChI=1S/C18H20N2O2/c1-14-13-20(11-10-19-14)18(21)15-6-5-9-17(12-15)22-16-7-3-2-4-8-16/h2-9,12,14,19H,10-11,13H2,1H3. The van der Waals surface area contributed by atoms with Crippen LogP contribution in [0.5, 0.6) is 11.5 Å². The number of amides is 1. The van der Waals surface area contributed by atoms with Gasteiger partial charge in [-0.3, -0.25) is 4.79 Å². The topological polar surface area (TPSA) is 41.6 Å². The molecule has 1 aliphatic rings. The van der Waals surface area contributed by atoms with Crippen LogP contribution in [-0.2, 0) is 0 Å². The fourth-order valence-electron chi connectivity index (χ4n) is 2.62. The molecule has 1 N–H and O–H groups in total. The minimum absolute atomic E-state index is 0.0619. The van der Waals surface area contributed by atoms with Gasteiger partial charge in [-0.05, 0) is 37.3 Å². The lowest BCUT2D eigenvalue weighted by Crippen LogP contribution is -2.51. The van der Waals surface area contributed by atoms with Gasteiger partial charge < -0.3 is 15.0 Å². The highest BCUT2D eigenvalue weighted by molar-refractivity contribution is 5.94. The third-order valence-corrected chi connectivity index (χ3v) is 3.72. The van der Waals surface area contributed by atoms with E-state index in [1.54, 1.807) is 0 Å². The average Bonchev–Trinajstić information content (AvgIpc) is 2.55. The number of carbonyl (C=O) groups excluding carboxylic acids is 1. The number of nitrogens with zero attached hydrogens (tertiary/aromatic N) is 1. The van der Waals surface area contributed by atoms with E-state index in [9.17, 15) is 4.79 Å². The molecular formula is C18H20N2O2. The van der Waals surface area contributed by atoms with Gasteiger partial charge >= 0.3 is 0 Å². The summed E-state index contributed by atoms with van der Waals surface area (Å²) in [5.74, 6) is 1.51. The van der Waals surface area contributed by atoms with Gasteiger partial charge in [0.15, 0.2) is 0 Å². The van der Waals surface area contributed by atoms with Gasteiger partial charge in [-0.25, -0.2) is 0 Å². The maximum absolute atomic E-state index is 12.6. The summed E-state index contributed by atoms with van der Waals surface area (Å²) >= 11 is 0. The monoisotopic (exact) mass is 296 g/mol. The van der Waals surface area contributed by atoms with E-state index in [4.69, 9.17) is 4.74 Å². The Bertz CT molecular complexity index is 643. The number of carbonyl (C=O) groups is 1. The van der Waals surface area contributed by atoms with Gasteiger partial charge in [-0.1, -0.05) is 24.3 Å². The van der Waals surface area contributed by atoms with Gasteiger partial charge in [0.2, 0.25) is 0 Å². The van der Waals surface area contributed by atoms with Crippen molar-refractivity contribution in [1.82, 2.24) is 10.2 Å².